The Morgan fingerprint density at radius 2 is 1.81 bits per heavy atom. The number of esters is 1. The van der Waals surface area contributed by atoms with Gasteiger partial charge in [-0.1, -0.05) is 42.4 Å². The number of hydrogen-bond acceptors (Lipinski definition) is 4. The van der Waals surface area contributed by atoms with Gasteiger partial charge in [-0.15, -0.1) is 0 Å². The van der Waals surface area contributed by atoms with Crippen LogP contribution < -0.4 is 10.1 Å². The monoisotopic (exact) mass is 373 g/mol. The van der Waals surface area contributed by atoms with Gasteiger partial charge in [0.05, 0.1) is 18.4 Å². The summed E-state index contributed by atoms with van der Waals surface area (Å²) in [6, 6.07) is 14.2. The highest BCUT2D eigenvalue weighted by Gasteiger charge is 2.14. The van der Waals surface area contributed by atoms with E-state index in [1.807, 2.05) is 24.3 Å². The predicted octanol–water partition coefficient (Wildman–Crippen LogP) is 4.18. The lowest BCUT2D eigenvalue weighted by Gasteiger charge is -2.11. The normalized spacial score (nSPS) is 10.1. The third-order valence-corrected chi connectivity index (χ3v) is 3.69. The van der Waals surface area contributed by atoms with Crippen molar-refractivity contribution in [2.75, 3.05) is 19.0 Å². The molecule has 136 valence electrons. The largest absolute Gasteiger partial charge is 0.497 e. The Labute approximate surface area is 157 Å². The first-order valence-electron chi connectivity index (χ1n) is 8.02. The zero-order valence-corrected chi connectivity index (χ0v) is 15.2. The molecule has 0 heterocycles. The smallest absolute Gasteiger partial charge is 0.340 e. The van der Waals surface area contributed by atoms with Gasteiger partial charge in [-0.05, 0) is 36.2 Å². The number of amides is 1. The number of benzene rings is 2. The molecule has 26 heavy (non-hydrogen) atoms. The molecule has 0 aliphatic carbocycles. The number of carbonyl (C=O) groups is 2. The summed E-state index contributed by atoms with van der Waals surface area (Å²) in [5.74, 6) is 0.00550. The summed E-state index contributed by atoms with van der Waals surface area (Å²) in [5.41, 5.74) is 1.69. The average molecular weight is 374 g/mol. The first-order valence-corrected chi connectivity index (χ1v) is 8.39. The zero-order chi connectivity index (χ0) is 18.9. The van der Waals surface area contributed by atoms with E-state index in [9.17, 15) is 9.59 Å². The molecule has 2 aromatic rings. The fourth-order valence-electron chi connectivity index (χ4n) is 2.25. The maximum absolute atomic E-state index is 12.2. The standard InChI is InChI=1S/C20H20ClNO4/c1-14(21)13-26-20(24)17-5-3-4-6-18(17)22-19(23)12-9-15-7-10-16(25-2)11-8-15/h3-8,10-11H,1,9,12-13H2,2H3,(H,22,23). The van der Waals surface area contributed by atoms with Gasteiger partial charge in [0.1, 0.15) is 12.4 Å². The SMILES string of the molecule is C=C(Cl)COC(=O)c1ccccc1NC(=O)CCc1ccc(OC)cc1. The van der Waals surface area contributed by atoms with Crippen LogP contribution in [0.2, 0.25) is 0 Å². The van der Waals surface area contributed by atoms with Crippen molar-refractivity contribution in [2.45, 2.75) is 12.8 Å². The van der Waals surface area contributed by atoms with Gasteiger partial charge < -0.3 is 14.8 Å². The van der Waals surface area contributed by atoms with E-state index >= 15 is 0 Å². The molecule has 0 aromatic heterocycles. The lowest BCUT2D eigenvalue weighted by molar-refractivity contribution is -0.116. The van der Waals surface area contributed by atoms with Crippen LogP contribution in [0.15, 0.2) is 60.1 Å². The van der Waals surface area contributed by atoms with Gasteiger partial charge in [-0.3, -0.25) is 4.79 Å². The van der Waals surface area contributed by atoms with Gasteiger partial charge in [0, 0.05) is 11.5 Å². The molecule has 0 spiro atoms. The Bertz CT molecular complexity index is 787. The third kappa shape index (κ3) is 5.93. The van der Waals surface area contributed by atoms with Crippen LogP contribution in [0.3, 0.4) is 0 Å². The molecular weight excluding hydrogens is 354 g/mol. The summed E-state index contributed by atoms with van der Waals surface area (Å²) in [5, 5.41) is 2.97. The highest BCUT2D eigenvalue weighted by molar-refractivity contribution is 6.29. The molecule has 1 N–H and O–H groups in total. The Kier molecular flexibility index (Phi) is 7.24. The van der Waals surface area contributed by atoms with Gasteiger partial charge in [-0.25, -0.2) is 4.79 Å². The number of hydrogen-bond donors (Lipinski definition) is 1. The molecule has 2 rings (SSSR count). The summed E-state index contributed by atoms with van der Waals surface area (Å²) in [6.07, 6.45) is 0.864. The maximum atomic E-state index is 12.2. The maximum Gasteiger partial charge on any atom is 0.340 e. The average Bonchev–Trinajstić information content (AvgIpc) is 2.65. The molecule has 0 unspecified atom stereocenters. The minimum Gasteiger partial charge on any atom is -0.497 e. The topological polar surface area (TPSA) is 64.6 Å². The molecule has 5 nitrogen and oxygen atoms in total. The van der Waals surface area contributed by atoms with Crippen LogP contribution in [0.1, 0.15) is 22.3 Å². The Morgan fingerprint density at radius 3 is 2.46 bits per heavy atom. The van der Waals surface area contributed by atoms with Gasteiger partial charge in [-0.2, -0.15) is 0 Å². The van der Waals surface area contributed by atoms with Gasteiger partial charge in [0.15, 0.2) is 0 Å². The second-order valence-corrected chi connectivity index (χ2v) is 6.07. The molecule has 6 heteroatoms. The van der Waals surface area contributed by atoms with E-state index in [0.717, 1.165) is 11.3 Å². The molecule has 1 amide bonds. The summed E-state index contributed by atoms with van der Waals surface area (Å²) < 4.78 is 10.1. The van der Waals surface area contributed by atoms with Crippen LogP contribution >= 0.6 is 11.6 Å². The number of nitrogens with one attached hydrogen (secondary N) is 1. The van der Waals surface area contributed by atoms with Crippen LogP contribution in [0.25, 0.3) is 0 Å². The summed E-state index contributed by atoms with van der Waals surface area (Å²) in [6.45, 7) is 3.38. The van der Waals surface area contributed by atoms with Crippen molar-refractivity contribution in [3.8, 4) is 5.75 Å². The minimum atomic E-state index is -0.571. The van der Waals surface area contributed by atoms with Crippen LogP contribution in [0, 0.1) is 0 Å². The number of anilines is 1. The van der Waals surface area contributed by atoms with Crippen LogP contribution in [0.4, 0.5) is 5.69 Å². The predicted molar refractivity (Wildman–Crippen MR) is 102 cm³/mol. The van der Waals surface area contributed by atoms with Crippen molar-refractivity contribution in [2.24, 2.45) is 0 Å². The lowest BCUT2D eigenvalue weighted by atomic mass is 10.1. The first kappa shape index (κ1) is 19.5. The molecule has 0 fully saturated rings. The van der Waals surface area contributed by atoms with E-state index in [4.69, 9.17) is 21.1 Å². The molecule has 0 saturated heterocycles. The second-order valence-electron chi connectivity index (χ2n) is 5.54. The summed E-state index contributed by atoms with van der Waals surface area (Å²) in [4.78, 5) is 24.3. The zero-order valence-electron chi connectivity index (χ0n) is 14.5. The highest BCUT2D eigenvalue weighted by atomic mass is 35.5. The number of aryl methyl sites for hydroxylation is 1. The minimum absolute atomic E-state index is 0.0832. The summed E-state index contributed by atoms with van der Waals surface area (Å²) >= 11 is 5.60. The van der Waals surface area contributed by atoms with Crippen LogP contribution in [-0.2, 0) is 16.0 Å². The van der Waals surface area contributed by atoms with Gasteiger partial charge in [0.25, 0.3) is 0 Å². The highest BCUT2D eigenvalue weighted by Crippen LogP contribution is 2.18. The number of rotatable bonds is 8. The van der Waals surface area contributed by atoms with Crippen molar-refractivity contribution in [3.05, 3.63) is 71.3 Å². The number of halogens is 1. The van der Waals surface area contributed by atoms with E-state index in [0.29, 0.717) is 12.1 Å². The second kappa shape index (κ2) is 9.63. The molecule has 0 aliphatic heterocycles. The molecular formula is C20H20ClNO4. The molecule has 0 radical (unpaired) electrons. The number of ether oxygens (including phenoxy) is 2. The van der Waals surface area contributed by atoms with E-state index in [1.165, 1.54) is 0 Å². The number of para-hydroxylation sites is 1. The van der Waals surface area contributed by atoms with E-state index in [-0.39, 0.29) is 29.5 Å². The molecule has 0 saturated carbocycles. The van der Waals surface area contributed by atoms with Gasteiger partial charge in [0.2, 0.25) is 5.91 Å². The molecule has 2 aromatic carbocycles. The van der Waals surface area contributed by atoms with Crippen molar-refractivity contribution in [1.29, 1.82) is 0 Å². The number of methoxy groups -OCH3 is 1. The van der Waals surface area contributed by atoms with Gasteiger partial charge >= 0.3 is 5.97 Å². The van der Waals surface area contributed by atoms with Crippen molar-refractivity contribution < 1.29 is 19.1 Å². The molecule has 0 aliphatic rings. The van der Waals surface area contributed by atoms with E-state index in [1.54, 1.807) is 31.4 Å². The fourth-order valence-corrected chi connectivity index (χ4v) is 2.31. The Morgan fingerprint density at radius 1 is 1.12 bits per heavy atom. The lowest BCUT2D eigenvalue weighted by Crippen LogP contribution is -2.16. The van der Waals surface area contributed by atoms with Crippen molar-refractivity contribution in [3.63, 3.8) is 0 Å². The van der Waals surface area contributed by atoms with E-state index < -0.39 is 5.97 Å². The van der Waals surface area contributed by atoms with Crippen LogP contribution in [-0.4, -0.2) is 25.6 Å². The fraction of sp³-hybridized carbons (Fsp3) is 0.200. The molecule has 0 bridgehead atoms. The van der Waals surface area contributed by atoms with Crippen molar-refractivity contribution in [1.82, 2.24) is 0 Å². The third-order valence-electron chi connectivity index (χ3n) is 3.58. The first-order chi connectivity index (χ1) is 12.5. The molecule has 0 atom stereocenters. The van der Waals surface area contributed by atoms with Crippen LogP contribution in [0.5, 0.6) is 5.75 Å². The quantitative estimate of drug-likeness (QED) is 0.705. The summed E-state index contributed by atoms with van der Waals surface area (Å²) in [7, 11) is 1.61. The Balaban J connectivity index is 1.95. The Hall–Kier alpha value is -2.79. The van der Waals surface area contributed by atoms with Crippen molar-refractivity contribution >= 4 is 29.2 Å². The van der Waals surface area contributed by atoms with E-state index in [2.05, 4.69) is 11.9 Å². The number of carbonyl (C=O) groups excluding carboxylic acids is 2.